The van der Waals surface area contributed by atoms with E-state index in [0.29, 0.717) is 25.9 Å². The number of carbonyl (C=O) groups excluding carboxylic acids is 1. The van der Waals surface area contributed by atoms with Crippen LogP contribution in [0.3, 0.4) is 0 Å². The van der Waals surface area contributed by atoms with E-state index in [1.54, 1.807) is 4.90 Å². The molecule has 29 heavy (non-hydrogen) atoms. The molecule has 2 aliphatic heterocycles. The second kappa shape index (κ2) is 6.34. The Balaban J connectivity index is 1.43. The van der Waals surface area contributed by atoms with Crippen LogP contribution < -0.4 is 4.74 Å². The predicted molar refractivity (Wildman–Crippen MR) is 104 cm³/mol. The fourth-order valence-corrected chi connectivity index (χ4v) is 4.37. The van der Waals surface area contributed by atoms with Crippen LogP contribution in [0.1, 0.15) is 28.8 Å². The highest BCUT2D eigenvalue weighted by atomic mass is 19.1. The normalized spacial score (nSPS) is 16.8. The minimum atomic E-state index is -0.795. The van der Waals surface area contributed by atoms with Crippen LogP contribution in [0.15, 0.2) is 48.7 Å². The van der Waals surface area contributed by atoms with E-state index >= 15 is 0 Å². The third-order valence-electron chi connectivity index (χ3n) is 5.93. The van der Waals surface area contributed by atoms with Gasteiger partial charge in [0.2, 0.25) is 0 Å². The summed E-state index contributed by atoms with van der Waals surface area (Å²) in [7, 11) is 1.92. The van der Waals surface area contributed by atoms with Crippen molar-refractivity contribution < 1.29 is 19.0 Å². The fourth-order valence-electron chi connectivity index (χ4n) is 4.37. The molecule has 7 heteroatoms. The van der Waals surface area contributed by atoms with Gasteiger partial charge in [-0.1, -0.05) is 12.1 Å². The van der Waals surface area contributed by atoms with Crippen LogP contribution in [0.2, 0.25) is 0 Å². The first kappa shape index (κ1) is 17.7. The summed E-state index contributed by atoms with van der Waals surface area (Å²) in [5.74, 6) is -0.681. The number of para-hydroxylation sites is 1. The van der Waals surface area contributed by atoms with E-state index in [4.69, 9.17) is 4.74 Å². The number of aromatic nitrogens is 2. The molecule has 3 aromatic rings. The van der Waals surface area contributed by atoms with E-state index < -0.39 is 17.2 Å². The van der Waals surface area contributed by atoms with Crippen molar-refractivity contribution in [3.63, 3.8) is 0 Å². The number of ether oxygens (including phenoxy) is 1. The lowest BCUT2D eigenvalue weighted by molar-refractivity contribution is -0.00173. The summed E-state index contributed by atoms with van der Waals surface area (Å²) in [5, 5.41) is 13.8. The van der Waals surface area contributed by atoms with Crippen LogP contribution in [0, 0.1) is 5.82 Å². The summed E-state index contributed by atoms with van der Waals surface area (Å²) in [4.78, 5) is 14.5. The van der Waals surface area contributed by atoms with Gasteiger partial charge in [0.05, 0.1) is 11.9 Å². The zero-order valence-electron chi connectivity index (χ0n) is 15.9. The Kier molecular flexibility index (Phi) is 3.87. The number of aryl methyl sites for hydroxylation is 1. The number of carbonyl (C=O) groups is 1. The summed E-state index contributed by atoms with van der Waals surface area (Å²) >= 11 is 0. The highest BCUT2D eigenvalue weighted by molar-refractivity contribution is 5.94. The molecule has 3 heterocycles. The van der Waals surface area contributed by atoms with Gasteiger partial charge in [0.1, 0.15) is 11.4 Å². The molecular weight excluding hydrogens is 373 g/mol. The fraction of sp³-hybridized carbons (Fsp3) is 0.273. The number of benzene rings is 2. The van der Waals surface area contributed by atoms with Crippen LogP contribution in [0.4, 0.5) is 4.39 Å². The Hall–Kier alpha value is -3.35. The summed E-state index contributed by atoms with van der Waals surface area (Å²) in [5.41, 5.74) is 2.81. The Morgan fingerprint density at radius 1 is 1.21 bits per heavy atom. The number of hydrogen-bond acceptors (Lipinski definition) is 4. The van der Waals surface area contributed by atoms with E-state index in [9.17, 15) is 14.3 Å². The highest BCUT2D eigenvalue weighted by Gasteiger charge is 2.45. The lowest BCUT2D eigenvalue weighted by Gasteiger charge is -2.44. The number of amides is 1. The van der Waals surface area contributed by atoms with Gasteiger partial charge in [0.25, 0.3) is 5.91 Å². The number of halogens is 1. The second-order valence-electron chi connectivity index (χ2n) is 7.58. The monoisotopic (exact) mass is 393 g/mol. The van der Waals surface area contributed by atoms with E-state index in [1.807, 2.05) is 42.2 Å². The molecule has 1 spiro atoms. The lowest BCUT2D eigenvalue weighted by atomic mass is 9.81. The van der Waals surface area contributed by atoms with Gasteiger partial charge in [0, 0.05) is 49.7 Å². The van der Waals surface area contributed by atoms with Gasteiger partial charge in [-0.05, 0) is 30.3 Å². The number of rotatable bonds is 1. The van der Waals surface area contributed by atoms with E-state index in [-0.39, 0.29) is 11.5 Å². The van der Waals surface area contributed by atoms with Crippen molar-refractivity contribution in [3.05, 3.63) is 65.6 Å². The maximum Gasteiger partial charge on any atom is 0.253 e. The number of aromatic hydroxyl groups is 1. The molecule has 1 amide bonds. The number of fused-ring (bicyclic) bond motifs is 4. The maximum absolute atomic E-state index is 13.7. The van der Waals surface area contributed by atoms with Crippen LogP contribution >= 0.6 is 0 Å². The van der Waals surface area contributed by atoms with E-state index in [0.717, 1.165) is 28.6 Å². The number of phenolic OH excluding ortho intramolecular Hbond substituents is 1. The van der Waals surface area contributed by atoms with E-state index in [1.165, 1.54) is 12.1 Å². The number of likely N-dealkylation sites (tertiary alicyclic amines) is 1. The lowest BCUT2D eigenvalue weighted by Crippen LogP contribution is -2.49. The third-order valence-corrected chi connectivity index (χ3v) is 5.93. The van der Waals surface area contributed by atoms with Crippen molar-refractivity contribution in [1.29, 1.82) is 0 Å². The highest BCUT2D eigenvalue weighted by Crippen LogP contribution is 2.49. The molecule has 0 aliphatic carbocycles. The molecule has 0 saturated carbocycles. The number of phenols is 1. The van der Waals surface area contributed by atoms with Crippen molar-refractivity contribution in [2.75, 3.05) is 13.1 Å². The van der Waals surface area contributed by atoms with Crippen molar-refractivity contribution in [3.8, 4) is 22.8 Å². The molecule has 0 radical (unpaired) electrons. The van der Waals surface area contributed by atoms with Crippen LogP contribution in [0.5, 0.6) is 11.5 Å². The number of hydrogen-bond donors (Lipinski definition) is 1. The van der Waals surface area contributed by atoms with Gasteiger partial charge < -0.3 is 14.7 Å². The molecule has 2 aliphatic rings. The van der Waals surface area contributed by atoms with Gasteiger partial charge in [-0.2, -0.15) is 5.10 Å². The smallest absolute Gasteiger partial charge is 0.253 e. The van der Waals surface area contributed by atoms with Crippen molar-refractivity contribution in [2.24, 2.45) is 7.05 Å². The summed E-state index contributed by atoms with van der Waals surface area (Å²) in [6.07, 6.45) is 3.09. The molecule has 0 bridgehead atoms. The van der Waals surface area contributed by atoms with Crippen LogP contribution in [0.25, 0.3) is 11.3 Å². The maximum atomic E-state index is 13.7. The predicted octanol–water partition coefficient (Wildman–Crippen LogP) is 3.46. The molecule has 1 saturated heterocycles. The summed E-state index contributed by atoms with van der Waals surface area (Å²) < 4.78 is 22.0. The molecule has 0 atom stereocenters. The molecule has 1 aromatic heterocycles. The first-order chi connectivity index (χ1) is 14.0. The van der Waals surface area contributed by atoms with Gasteiger partial charge in [-0.3, -0.25) is 9.48 Å². The van der Waals surface area contributed by atoms with Crippen LogP contribution in [-0.2, 0) is 12.6 Å². The minimum Gasteiger partial charge on any atom is -0.505 e. The standard InChI is InChI=1S/C22H20FN3O3/c1-25-20-15-4-2-3-5-19(15)29-22(16(20)13-24-25)8-10-26(11-9-22)21(28)14-6-7-18(27)17(23)12-14/h2-7,12-13,27H,8-11H2,1H3. The average Bonchev–Trinajstić information content (AvgIpc) is 3.13. The first-order valence-electron chi connectivity index (χ1n) is 9.57. The minimum absolute atomic E-state index is 0.230. The number of piperidine rings is 1. The summed E-state index contributed by atoms with van der Waals surface area (Å²) in [6.45, 7) is 0.968. The third kappa shape index (κ3) is 2.68. The van der Waals surface area contributed by atoms with Gasteiger partial charge >= 0.3 is 0 Å². The van der Waals surface area contributed by atoms with Crippen LogP contribution in [-0.4, -0.2) is 38.8 Å². The summed E-state index contributed by atoms with van der Waals surface area (Å²) in [6, 6.07) is 11.6. The van der Waals surface area contributed by atoms with Gasteiger partial charge in [0.15, 0.2) is 11.6 Å². The quantitative estimate of drug-likeness (QED) is 0.688. The first-order valence-corrected chi connectivity index (χ1v) is 9.57. The Morgan fingerprint density at radius 2 is 1.97 bits per heavy atom. The second-order valence-corrected chi connectivity index (χ2v) is 7.58. The zero-order valence-corrected chi connectivity index (χ0v) is 15.9. The molecule has 5 rings (SSSR count). The Labute approximate surface area is 167 Å². The largest absolute Gasteiger partial charge is 0.505 e. The molecule has 1 N–H and O–H groups in total. The molecule has 148 valence electrons. The number of nitrogens with zero attached hydrogens (tertiary/aromatic N) is 3. The van der Waals surface area contributed by atoms with Crippen molar-refractivity contribution in [2.45, 2.75) is 18.4 Å². The Bertz CT molecular complexity index is 1120. The van der Waals surface area contributed by atoms with Gasteiger partial charge in [-0.15, -0.1) is 0 Å². The molecule has 0 unspecified atom stereocenters. The molecule has 1 fully saturated rings. The topological polar surface area (TPSA) is 67.6 Å². The zero-order chi connectivity index (χ0) is 20.2. The van der Waals surface area contributed by atoms with Gasteiger partial charge in [-0.25, -0.2) is 4.39 Å². The molecule has 6 nitrogen and oxygen atoms in total. The SMILES string of the molecule is Cn1ncc2c1-c1ccccc1OC21CCN(C(=O)c2ccc(O)c(F)c2)CC1. The molecule has 2 aromatic carbocycles. The van der Waals surface area contributed by atoms with Crippen molar-refractivity contribution >= 4 is 5.91 Å². The van der Waals surface area contributed by atoms with E-state index in [2.05, 4.69) is 5.10 Å². The Morgan fingerprint density at radius 3 is 2.72 bits per heavy atom. The van der Waals surface area contributed by atoms with Crippen molar-refractivity contribution in [1.82, 2.24) is 14.7 Å². The average molecular weight is 393 g/mol. The molecular formula is C22H20FN3O3.